The van der Waals surface area contributed by atoms with E-state index in [-0.39, 0.29) is 0 Å². The Morgan fingerprint density at radius 3 is 1.23 bits per heavy atom. The second-order valence-corrected chi connectivity index (χ2v) is 8.03. The van der Waals surface area contributed by atoms with Gasteiger partial charge in [-0.15, -0.1) is 0 Å². The zero-order chi connectivity index (χ0) is 21.9. The molecule has 0 aliphatic carbocycles. The molecule has 0 unspecified atom stereocenters. The van der Waals surface area contributed by atoms with Gasteiger partial charge in [0, 0.05) is 11.1 Å². The maximum atomic E-state index is 5.71. The first kappa shape index (κ1) is 24.8. The van der Waals surface area contributed by atoms with Gasteiger partial charge in [0.15, 0.2) is 0 Å². The lowest BCUT2D eigenvalue weighted by Crippen LogP contribution is -2.09. The topological polar surface area (TPSA) is 55.4 Å². The third kappa shape index (κ3) is 7.04. The average molecular weight is 548 g/mol. The van der Waals surface area contributed by atoms with Crippen LogP contribution in [-0.2, 0) is 22.3 Å². The number of ether oxygens (including phenoxy) is 6. The van der Waals surface area contributed by atoms with Gasteiger partial charge in [-0.2, -0.15) is 0 Å². The van der Waals surface area contributed by atoms with Crippen LogP contribution >= 0.6 is 31.9 Å². The molecule has 0 fully saturated rings. The van der Waals surface area contributed by atoms with Crippen molar-refractivity contribution in [2.75, 3.05) is 54.9 Å². The minimum atomic E-state index is 0.525. The van der Waals surface area contributed by atoms with E-state index < -0.39 is 0 Å². The highest BCUT2D eigenvalue weighted by Gasteiger charge is 2.11. The molecule has 0 aliphatic heterocycles. The first-order chi connectivity index (χ1) is 14.5. The summed E-state index contributed by atoms with van der Waals surface area (Å²) in [5, 5.41) is 0. The highest BCUT2D eigenvalue weighted by molar-refractivity contribution is 9.10. The number of hydrogen-bond acceptors (Lipinski definition) is 6. The summed E-state index contributed by atoms with van der Waals surface area (Å²) >= 11 is 6.93. The molecule has 0 bridgehead atoms. The van der Waals surface area contributed by atoms with E-state index in [2.05, 4.69) is 31.9 Å². The molecule has 2 rings (SSSR count). The Kier molecular flexibility index (Phi) is 10.8. The Labute approximate surface area is 195 Å². The Hall–Kier alpha value is -1.48. The van der Waals surface area contributed by atoms with Crippen LogP contribution in [0.25, 0.3) is 0 Å². The van der Waals surface area contributed by atoms with Gasteiger partial charge in [0.2, 0.25) is 0 Å². The van der Waals surface area contributed by atoms with Gasteiger partial charge in [0.1, 0.15) is 23.0 Å². The second kappa shape index (κ2) is 13.0. The fourth-order valence-corrected chi connectivity index (χ4v) is 3.89. The largest absolute Gasteiger partial charge is 0.496 e. The second-order valence-electron chi connectivity index (χ2n) is 6.32. The normalized spacial score (nSPS) is 10.7. The van der Waals surface area contributed by atoms with Crippen molar-refractivity contribution in [1.82, 2.24) is 0 Å². The molecule has 0 aromatic heterocycles. The molecule has 0 amide bonds. The average Bonchev–Trinajstić information content (AvgIpc) is 2.76. The van der Waals surface area contributed by atoms with Crippen LogP contribution in [-0.4, -0.2) is 54.9 Å². The predicted molar refractivity (Wildman–Crippen MR) is 124 cm³/mol. The Morgan fingerprint density at radius 1 is 0.533 bits per heavy atom. The highest BCUT2D eigenvalue weighted by atomic mass is 79.9. The molecule has 0 saturated carbocycles. The summed E-state index contributed by atoms with van der Waals surface area (Å²) in [6.45, 7) is 2.19. The summed E-state index contributed by atoms with van der Waals surface area (Å²) in [7, 11) is 6.60. The molecule has 2 aromatic rings. The summed E-state index contributed by atoms with van der Waals surface area (Å²) in [5.74, 6) is 3.16. The van der Waals surface area contributed by atoms with Crippen molar-refractivity contribution in [3.05, 3.63) is 44.3 Å². The minimum Gasteiger partial charge on any atom is -0.496 e. The van der Waals surface area contributed by atoms with E-state index in [0.717, 1.165) is 55.9 Å². The molecule has 0 N–H and O–H groups in total. The quantitative estimate of drug-likeness (QED) is 0.326. The summed E-state index contributed by atoms with van der Waals surface area (Å²) in [5.41, 5.74) is 2.07. The zero-order valence-electron chi connectivity index (χ0n) is 17.8. The fourth-order valence-electron chi connectivity index (χ4n) is 2.92. The summed E-state index contributed by atoms with van der Waals surface area (Å²) in [4.78, 5) is 0. The van der Waals surface area contributed by atoms with Gasteiger partial charge in [-0.3, -0.25) is 0 Å². The maximum Gasteiger partial charge on any atom is 0.133 e. The van der Waals surface area contributed by atoms with Crippen molar-refractivity contribution in [1.29, 1.82) is 0 Å². The van der Waals surface area contributed by atoms with E-state index in [4.69, 9.17) is 28.4 Å². The third-order valence-electron chi connectivity index (χ3n) is 4.51. The first-order valence-corrected chi connectivity index (χ1v) is 11.1. The molecule has 30 heavy (non-hydrogen) atoms. The van der Waals surface area contributed by atoms with E-state index >= 15 is 0 Å². The molecule has 8 heteroatoms. The van der Waals surface area contributed by atoms with Crippen molar-refractivity contribution >= 4 is 31.9 Å². The standard InChI is InChI=1S/C22H28Br2O6/c1-25-19-13-17(23)21(27-3)11-15(19)5-7-29-9-10-30-8-6-16-12-22(28-4)18(24)14-20(16)26-2/h11-14H,5-10H2,1-4H3. The number of halogens is 2. The Morgan fingerprint density at radius 2 is 0.900 bits per heavy atom. The van der Waals surface area contributed by atoms with Crippen LogP contribution in [0.15, 0.2) is 33.2 Å². The lowest BCUT2D eigenvalue weighted by molar-refractivity contribution is 0.0498. The van der Waals surface area contributed by atoms with Gasteiger partial charge in [0.05, 0.1) is 63.8 Å². The number of hydrogen-bond donors (Lipinski definition) is 0. The van der Waals surface area contributed by atoms with Crippen LogP contribution in [0.5, 0.6) is 23.0 Å². The van der Waals surface area contributed by atoms with Crippen molar-refractivity contribution in [2.45, 2.75) is 12.8 Å². The van der Waals surface area contributed by atoms with E-state index in [1.807, 2.05) is 24.3 Å². The summed E-state index contributed by atoms with van der Waals surface area (Å²) in [6.07, 6.45) is 1.45. The van der Waals surface area contributed by atoms with E-state index in [1.165, 1.54) is 0 Å². The smallest absolute Gasteiger partial charge is 0.133 e. The van der Waals surface area contributed by atoms with Gasteiger partial charge in [-0.25, -0.2) is 0 Å². The molecule has 166 valence electrons. The van der Waals surface area contributed by atoms with Crippen LogP contribution in [0.3, 0.4) is 0 Å². The lowest BCUT2D eigenvalue weighted by Gasteiger charge is -2.13. The van der Waals surface area contributed by atoms with Crippen LogP contribution < -0.4 is 18.9 Å². The van der Waals surface area contributed by atoms with Crippen LogP contribution in [0, 0.1) is 0 Å². The Bertz CT molecular complexity index is 745. The van der Waals surface area contributed by atoms with E-state index in [1.54, 1.807) is 28.4 Å². The van der Waals surface area contributed by atoms with Crippen molar-refractivity contribution in [3.63, 3.8) is 0 Å². The molecule has 0 spiro atoms. The Balaban J connectivity index is 1.71. The number of benzene rings is 2. The lowest BCUT2D eigenvalue weighted by atomic mass is 10.1. The number of rotatable bonds is 13. The minimum absolute atomic E-state index is 0.525. The molecule has 2 aromatic carbocycles. The monoisotopic (exact) mass is 546 g/mol. The van der Waals surface area contributed by atoms with Gasteiger partial charge in [-0.1, -0.05) is 0 Å². The molecule has 0 atom stereocenters. The summed E-state index contributed by atoms with van der Waals surface area (Å²) in [6, 6.07) is 7.73. The van der Waals surface area contributed by atoms with Gasteiger partial charge < -0.3 is 28.4 Å². The van der Waals surface area contributed by atoms with Gasteiger partial charge >= 0.3 is 0 Å². The first-order valence-electron chi connectivity index (χ1n) is 9.50. The molecular formula is C22H28Br2O6. The van der Waals surface area contributed by atoms with Crippen LogP contribution in [0.1, 0.15) is 11.1 Å². The highest BCUT2D eigenvalue weighted by Crippen LogP contribution is 2.34. The molecule has 0 aliphatic rings. The molecule has 0 heterocycles. The van der Waals surface area contributed by atoms with Crippen molar-refractivity contribution < 1.29 is 28.4 Å². The van der Waals surface area contributed by atoms with Crippen LogP contribution in [0.4, 0.5) is 0 Å². The maximum absolute atomic E-state index is 5.71. The molecule has 0 saturated heterocycles. The molecule has 6 nitrogen and oxygen atoms in total. The van der Waals surface area contributed by atoms with Crippen molar-refractivity contribution in [3.8, 4) is 23.0 Å². The fraction of sp³-hybridized carbons (Fsp3) is 0.455. The number of methoxy groups -OCH3 is 4. The van der Waals surface area contributed by atoms with Crippen molar-refractivity contribution in [2.24, 2.45) is 0 Å². The van der Waals surface area contributed by atoms with E-state index in [9.17, 15) is 0 Å². The summed E-state index contributed by atoms with van der Waals surface area (Å²) < 4.78 is 34.7. The predicted octanol–water partition coefficient (Wildman–Crippen LogP) is 5.06. The molecule has 0 radical (unpaired) electrons. The van der Waals surface area contributed by atoms with E-state index in [0.29, 0.717) is 26.4 Å². The van der Waals surface area contributed by atoms with Gasteiger partial charge in [0.25, 0.3) is 0 Å². The van der Waals surface area contributed by atoms with Gasteiger partial charge in [-0.05, 0) is 69.0 Å². The molecular weight excluding hydrogens is 520 g/mol. The zero-order valence-corrected chi connectivity index (χ0v) is 20.9. The third-order valence-corrected chi connectivity index (χ3v) is 5.75. The SMILES string of the molecule is COc1cc(CCOCCOCCc2cc(OC)c(Br)cc2OC)c(OC)cc1Br. The van der Waals surface area contributed by atoms with Crippen LogP contribution in [0.2, 0.25) is 0 Å².